The predicted molar refractivity (Wildman–Crippen MR) is 84.7 cm³/mol. The third kappa shape index (κ3) is 2.98. The fourth-order valence-corrected chi connectivity index (χ4v) is 2.81. The standard InChI is InChI=1S/C13H15ClIN3/c1-2-3-11(15)12-8-13(16)18(17-12)10-6-4-9(14)5-7-10/h4-8,11H,2-3,16H2,1H3. The van der Waals surface area contributed by atoms with E-state index in [1.165, 1.54) is 0 Å². The zero-order valence-corrected chi connectivity index (χ0v) is 13.0. The van der Waals surface area contributed by atoms with Crippen molar-refractivity contribution >= 4 is 40.0 Å². The van der Waals surface area contributed by atoms with E-state index in [1.54, 1.807) is 4.68 Å². The van der Waals surface area contributed by atoms with Crippen LogP contribution in [0.4, 0.5) is 5.82 Å². The molecule has 18 heavy (non-hydrogen) atoms. The molecule has 1 atom stereocenters. The maximum absolute atomic E-state index is 6.01. The summed E-state index contributed by atoms with van der Waals surface area (Å²) in [6.45, 7) is 2.17. The molecule has 0 bridgehead atoms. The number of hydrogen-bond acceptors (Lipinski definition) is 2. The van der Waals surface area contributed by atoms with Crippen molar-refractivity contribution in [2.75, 3.05) is 5.73 Å². The average molecular weight is 376 g/mol. The lowest BCUT2D eigenvalue weighted by molar-refractivity contribution is 0.757. The first-order chi connectivity index (χ1) is 8.61. The lowest BCUT2D eigenvalue weighted by Crippen LogP contribution is -2.02. The summed E-state index contributed by atoms with van der Waals surface area (Å²) in [5.41, 5.74) is 7.98. The number of alkyl halides is 1. The molecular weight excluding hydrogens is 361 g/mol. The van der Waals surface area contributed by atoms with Crippen molar-refractivity contribution in [2.45, 2.75) is 23.7 Å². The molecule has 3 nitrogen and oxygen atoms in total. The second-order valence-corrected chi connectivity index (χ2v) is 6.08. The van der Waals surface area contributed by atoms with E-state index in [0.717, 1.165) is 24.2 Å². The van der Waals surface area contributed by atoms with Gasteiger partial charge in [-0.25, -0.2) is 4.68 Å². The number of nitrogen functional groups attached to an aromatic ring is 1. The Morgan fingerprint density at radius 1 is 1.39 bits per heavy atom. The van der Waals surface area contributed by atoms with Crippen molar-refractivity contribution in [1.82, 2.24) is 9.78 Å². The molecule has 0 aliphatic rings. The Morgan fingerprint density at radius 3 is 2.67 bits per heavy atom. The summed E-state index contributed by atoms with van der Waals surface area (Å²) in [4.78, 5) is 0. The topological polar surface area (TPSA) is 43.8 Å². The summed E-state index contributed by atoms with van der Waals surface area (Å²) in [5, 5.41) is 5.28. The second-order valence-electron chi connectivity index (χ2n) is 4.14. The van der Waals surface area contributed by atoms with Crippen LogP contribution in [0.3, 0.4) is 0 Å². The summed E-state index contributed by atoms with van der Waals surface area (Å²) < 4.78 is 2.16. The summed E-state index contributed by atoms with van der Waals surface area (Å²) >= 11 is 8.28. The quantitative estimate of drug-likeness (QED) is 0.636. The van der Waals surface area contributed by atoms with Crippen LogP contribution >= 0.6 is 34.2 Å². The van der Waals surface area contributed by atoms with Gasteiger partial charge in [-0.2, -0.15) is 5.10 Å². The molecule has 0 amide bonds. The van der Waals surface area contributed by atoms with Gasteiger partial charge in [0.15, 0.2) is 0 Å². The van der Waals surface area contributed by atoms with Crippen LogP contribution in [0.1, 0.15) is 29.4 Å². The molecule has 5 heteroatoms. The number of nitrogens with two attached hydrogens (primary N) is 1. The molecule has 0 radical (unpaired) electrons. The van der Waals surface area contributed by atoms with Crippen LogP contribution in [0, 0.1) is 0 Å². The van der Waals surface area contributed by atoms with Gasteiger partial charge >= 0.3 is 0 Å². The zero-order chi connectivity index (χ0) is 13.1. The van der Waals surface area contributed by atoms with E-state index >= 15 is 0 Å². The SMILES string of the molecule is CCCC(I)c1cc(N)n(-c2ccc(Cl)cc2)n1. The van der Waals surface area contributed by atoms with Crippen LogP contribution in [0.2, 0.25) is 5.02 Å². The van der Waals surface area contributed by atoms with Gasteiger partial charge < -0.3 is 5.73 Å². The number of rotatable bonds is 4. The molecule has 0 fully saturated rings. The molecule has 2 rings (SSSR count). The minimum absolute atomic E-state index is 0.406. The summed E-state index contributed by atoms with van der Waals surface area (Å²) in [6.07, 6.45) is 2.25. The highest BCUT2D eigenvalue weighted by atomic mass is 127. The first-order valence-electron chi connectivity index (χ1n) is 5.87. The Hall–Kier alpha value is -0.750. The van der Waals surface area contributed by atoms with Crippen LogP contribution < -0.4 is 5.73 Å². The number of hydrogen-bond donors (Lipinski definition) is 1. The monoisotopic (exact) mass is 375 g/mol. The van der Waals surface area contributed by atoms with E-state index in [9.17, 15) is 0 Å². The van der Waals surface area contributed by atoms with E-state index in [4.69, 9.17) is 17.3 Å². The van der Waals surface area contributed by atoms with Crippen molar-refractivity contribution in [3.8, 4) is 5.69 Å². The van der Waals surface area contributed by atoms with Crippen LogP contribution in [0.25, 0.3) is 5.69 Å². The first kappa shape index (κ1) is 13.7. The van der Waals surface area contributed by atoms with Gasteiger partial charge in [0.2, 0.25) is 0 Å². The first-order valence-corrected chi connectivity index (χ1v) is 7.49. The Kier molecular flexibility index (Phi) is 4.50. The number of nitrogens with zero attached hydrogens (tertiary/aromatic N) is 2. The van der Waals surface area contributed by atoms with Gasteiger partial charge in [-0.1, -0.05) is 47.5 Å². The van der Waals surface area contributed by atoms with E-state index in [2.05, 4.69) is 34.6 Å². The smallest absolute Gasteiger partial charge is 0.127 e. The number of benzene rings is 1. The molecule has 1 heterocycles. The van der Waals surface area contributed by atoms with Gasteiger partial charge in [0.25, 0.3) is 0 Å². The Morgan fingerprint density at radius 2 is 2.06 bits per heavy atom. The fourth-order valence-electron chi connectivity index (χ4n) is 1.76. The highest BCUT2D eigenvalue weighted by molar-refractivity contribution is 14.1. The van der Waals surface area contributed by atoms with Gasteiger partial charge in [-0.3, -0.25) is 0 Å². The third-order valence-electron chi connectivity index (χ3n) is 2.69. The predicted octanol–water partition coefficient (Wildman–Crippen LogP) is 4.38. The molecule has 2 N–H and O–H groups in total. The van der Waals surface area contributed by atoms with Gasteiger partial charge in [0.05, 0.1) is 15.3 Å². The van der Waals surface area contributed by atoms with Gasteiger partial charge in [-0.15, -0.1) is 0 Å². The van der Waals surface area contributed by atoms with Crippen molar-refractivity contribution in [3.05, 3.63) is 41.0 Å². The highest BCUT2D eigenvalue weighted by Crippen LogP contribution is 2.29. The summed E-state index contributed by atoms with van der Waals surface area (Å²) in [7, 11) is 0. The third-order valence-corrected chi connectivity index (χ3v) is 4.20. The molecule has 1 aromatic carbocycles. The molecule has 0 aliphatic heterocycles. The molecule has 1 unspecified atom stereocenters. The molecule has 0 saturated carbocycles. The Labute approximate surface area is 125 Å². The second kappa shape index (κ2) is 5.93. The van der Waals surface area contributed by atoms with Gasteiger partial charge in [0, 0.05) is 11.1 Å². The Balaban J connectivity index is 2.31. The zero-order valence-electron chi connectivity index (χ0n) is 10.1. The van der Waals surface area contributed by atoms with Crippen LogP contribution in [-0.4, -0.2) is 9.78 Å². The largest absolute Gasteiger partial charge is 0.384 e. The molecular formula is C13H15ClIN3. The van der Waals surface area contributed by atoms with Crippen molar-refractivity contribution in [1.29, 1.82) is 0 Å². The van der Waals surface area contributed by atoms with Crippen molar-refractivity contribution < 1.29 is 0 Å². The highest BCUT2D eigenvalue weighted by Gasteiger charge is 2.13. The van der Waals surface area contributed by atoms with E-state index in [1.807, 2.05) is 30.3 Å². The van der Waals surface area contributed by atoms with Crippen molar-refractivity contribution in [2.24, 2.45) is 0 Å². The van der Waals surface area contributed by atoms with Crippen LogP contribution in [0.15, 0.2) is 30.3 Å². The molecule has 0 spiro atoms. The minimum Gasteiger partial charge on any atom is -0.384 e. The van der Waals surface area contributed by atoms with Crippen molar-refractivity contribution in [3.63, 3.8) is 0 Å². The van der Waals surface area contributed by atoms with Gasteiger partial charge in [-0.05, 0) is 30.7 Å². The van der Waals surface area contributed by atoms with E-state index in [-0.39, 0.29) is 0 Å². The summed E-state index contributed by atoms with van der Waals surface area (Å²) in [5.74, 6) is 0.657. The van der Waals surface area contributed by atoms with Gasteiger partial charge in [0.1, 0.15) is 5.82 Å². The van der Waals surface area contributed by atoms with E-state index in [0.29, 0.717) is 14.8 Å². The number of aromatic nitrogens is 2. The Bertz CT molecular complexity index is 522. The number of anilines is 1. The molecule has 0 aliphatic carbocycles. The fraction of sp³-hybridized carbons (Fsp3) is 0.308. The lowest BCUT2D eigenvalue weighted by Gasteiger charge is -2.05. The lowest BCUT2D eigenvalue weighted by atomic mass is 10.2. The maximum atomic E-state index is 6.01. The molecule has 0 saturated heterocycles. The molecule has 2 aromatic rings. The maximum Gasteiger partial charge on any atom is 0.127 e. The van der Waals surface area contributed by atoms with Crippen LogP contribution in [-0.2, 0) is 0 Å². The molecule has 96 valence electrons. The summed E-state index contributed by atoms with van der Waals surface area (Å²) in [6, 6.07) is 9.45. The molecule has 1 aromatic heterocycles. The normalized spacial score (nSPS) is 12.6. The van der Waals surface area contributed by atoms with Crippen LogP contribution in [0.5, 0.6) is 0 Å². The average Bonchev–Trinajstić information content (AvgIpc) is 2.73. The minimum atomic E-state index is 0.406. The number of halogens is 2. The van der Waals surface area contributed by atoms with E-state index < -0.39 is 0 Å².